The number of phenolic OH excluding ortho intramolecular Hbond substituents is 1. The molecule has 2 N–H and O–H groups in total. The van der Waals surface area contributed by atoms with E-state index in [1.165, 1.54) is 28.9 Å². The lowest BCUT2D eigenvalue weighted by Crippen LogP contribution is -2.51. The number of benzene rings is 2. The number of halogens is 1. The van der Waals surface area contributed by atoms with E-state index in [2.05, 4.69) is 56.2 Å². The van der Waals surface area contributed by atoms with Gasteiger partial charge in [-0.1, -0.05) is 23.7 Å². The summed E-state index contributed by atoms with van der Waals surface area (Å²) in [6, 6.07) is 15.3. The lowest BCUT2D eigenvalue weighted by atomic mass is 10.1. The zero-order valence-electron chi connectivity index (χ0n) is 19.9. The third-order valence-electron chi connectivity index (χ3n) is 6.92. The summed E-state index contributed by atoms with van der Waals surface area (Å²) in [6.45, 7) is 4.61. The molecule has 2 aliphatic heterocycles. The van der Waals surface area contributed by atoms with E-state index in [9.17, 15) is 14.7 Å². The van der Waals surface area contributed by atoms with Crippen molar-refractivity contribution in [2.24, 2.45) is 5.92 Å². The largest absolute Gasteiger partial charge is 0.506 e. The van der Waals surface area contributed by atoms with Crippen molar-refractivity contribution in [3.63, 3.8) is 0 Å². The van der Waals surface area contributed by atoms with Crippen LogP contribution in [0.3, 0.4) is 0 Å². The highest BCUT2D eigenvalue weighted by atomic mass is 35.5. The maximum absolute atomic E-state index is 13.0. The minimum atomic E-state index is -0.183. The van der Waals surface area contributed by atoms with Crippen molar-refractivity contribution in [2.45, 2.75) is 6.42 Å². The molecule has 0 spiro atoms. The van der Waals surface area contributed by atoms with Gasteiger partial charge in [0.2, 0.25) is 11.8 Å². The lowest BCUT2D eigenvalue weighted by Gasteiger charge is -2.37. The average molecular weight is 525 g/mol. The third kappa shape index (κ3) is 5.67. The van der Waals surface area contributed by atoms with Gasteiger partial charge in [0, 0.05) is 44.1 Å². The van der Waals surface area contributed by atoms with Crippen LogP contribution in [0.5, 0.6) is 5.75 Å². The monoisotopic (exact) mass is 524 g/mol. The van der Waals surface area contributed by atoms with Gasteiger partial charge in [-0.3, -0.25) is 14.5 Å². The van der Waals surface area contributed by atoms with Crippen LogP contribution in [-0.4, -0.2) is 72.5 Å². The molecule has 9 heteroatoms. The van der Waals surface area contributed by atoms with E-state index in [0.29, 0.717) is 38.3 Å². The number of likely N-dealkylation sites (tertiary alicyclic amines) is 1. The van der Waals surface area contributed by atoms with Crippen molar-refractivity contribution in [1.82, 2.24) is 9.80 Å². The van der Waals surface area contributed by atoms with E-state index in [4.69, 9.17) is 11.6 Å². The number of rotatable bonds is 6. The number of hydrogen-bond donors (Lipinski definition) is 2. The zero-order chi connectivity index (χ0) is 25.1. The average Bonchev–Trinajstić information content (AvgIpc) is 3.59. The Morgan fingerprint density at radius 2 is 1.86 bits per heavy atom. The minimum Gasteiger partial charge on any atom is -0.506 e. The van der Waals surface area contributed by atoms with Gasteiger partial charge in [-0.15, -0.1) is 0 Å². The second-order valence-electron chi connectivity index (χ2n) is 9.31. The molecule has 5 rings (SSSR count). The van der Waals surface area contributed by atoms with Crippen LogP contribution in [0.25, 0.3) is 11.1 Å². The quantitative estimate of drug-likeness (QED) is 0.468. The first-order valence-corrected chi connectivity index (χ1v) is 13.5. The van der Waals surface area contributed by atoms with Gasteiger partial charge < -0.3 is 20.2 Å². The molecule has 7 nitrogen and oxygen atoms in total. The van der Waals surface area contributed by atoms with E-state index in [1.807, 2.05) is 4.90 Å². The number of piperazine rings is 1. The molecule has 3 aromatic rings. The number of anilines is 2. The van der Waals surface area contributed by atoms with Crippen molar-refractivity contribution < 1.29 is 14.7 Å². The third-order valence-corrected chi connectivity index (χ3v) is 7.90. The fourth-order valence-electron chi connectivity index (χ4n) is 4.84. The number of carbonyl (C=O) groups excluding carboxylic acids is 2. The molecule has 3 heterocycles. The smallest absolute Gasteiger partial charge is 0.236 e. The maximum Gasteiger partial charge on any atom is 0.236 e. The minimum absolute atomic E-state index is 0.0205. The van der Waals surface area contributed by atoms with Gasteiger partial charge in [0.05, 0.1) is 17.5 Å². The molecule has 0 bridgehead atoms. The van der Waals surface area contributed by atoms with Gasteiger partial charge in [0.25, 0.3) is 0 Å². The second-order valence-corrected chi connectivity index (χ2v) is 10.5. The number of carbonyl (C=O) groups is 2. The van der Waals surface area contributed by atoms with Crippen LogP contribution in [0, 0.1) is 5.92 Å². The molecule has 2 aromatic carbocycles. The molecule has 1 atom stereocenters. The van der Waals surface area contributed by atoms with Gasteiger partial charge in [-0.05, 0) is 71.3 Å². The number of aromatic hydroxyl groups is 1. The Labute approximate surface area is 219 Å². The molecule has 1 aromatic heterocycles. The van der Waals surface area contributed by atoms with E-state index in [-0.39, 0.29) is 28.5 Å². The van der Waals surface area contributed by atoms with Gasteiger partial charge in [0.15, 0.2) is 0 Å². The summed E-state index contributed by atoms with van der Waals surface area (Å²) in [7, 11) is 0. The zero-order valence-corrected chi connectivity index (χ0v) is 21.5. The summed E-state index contributed by atoms with van der Waals surface area (Å²) < 4.78 is 0. The molecule has 2 aliphatic rings. The van der Waals surface area contributed by atoms with Crippen LogP contribution in [0.15, 0.2) is 59.3 Å². The van der Waals surface area contributed by atoms with Crippen molar-refractivity contribution in [3.8, 4) is 16.9 Å². The second kappa shape index (κ2) is 10.9. The summed E-state index contributed by atoms with van der Waals surface area (Å²) >= 11 is 7.63. The molecule has 0 aliphatic carbocycles. The summed E-state index contributed by atoms with van der Waals surface area (Å²) in [6.07, 6.45) is 0.708. The predicted octanol–water partition coefficient (Wildman–Crippen LogP) is 4.38. The highest BCUT2D eigenvalue weighted by Gasteiger charge is 2.31. The van der Waals surface area contributed by atoms with Crippen LogP contribution in [-0.2, 0) is 9.59 Å². The first-order valence-electron chi connectivity index (χ1n) is 12.1. The Kier molecular flexibility index (Phi) is 7.46. The van der Waals surface area contributed by atoms with Crippen LogP contribution in [0.1, 0.15) is 6.42 Å². The fourth-order valence-corrected chi connectivity index (χ4v) is 5.68. The maximum atomic E-state index is 13.0. The summed E-state index contributed by atoms with van der Waals surface area (Å²) in [5.41, 5.74) is 4.19. The predicted molar refractivity (Wildman–Crippen MR) is 145 cm³/mol. The van der Waals surface area contributed by atoms with Gasteiger partial charge >= 0.3 is 0 Å². The SMILES string of the molecule is O=C(Nc1ccc(O)c(Cl)c1)C1CCN(CC(=O)N2CCN(c3cccc(-c4ccsc4)c3)CC2)C1. The topological polar surface area (TPSA) is 76.1 Å². The number of thiophene rings is 1. The molecule has 2 saturated heterocycles. The fraction of sp³-hybridized carbons (Fsp3) is 0.333. The molecule has 36 heavy (non-hydrogen) atoms. The Morgan fingerprint density at radius 3 is 2.61 bits per heavy atom. The number of amides is 2. The molecular weight excluding hydrogens is 496 g/mol. The summed E-state index contributed by atoms with van der Waals surface area (Å²) in [5, 5.41) is 16.9. The van der Waals surface area contributed by atoms with Gasteiger partial charge in [0.1, 0.15) is 5.75 Å². The van der Waals surface area contributed by atoms with Crippen molar-refractivity contribution in [1.29, 1.82) is 0 Å². The Morgan fingerprint density at radius 1 is 1.03 bits per heavy atom. The van der Waals surface area contributed by atoms with Gasteiger partial charge in [-0.25, -0.2) is 0 Å². The van der Waals surface area contributed by atoms with E-state index in [0.717, 1.165) is 19.6 Å². The Hall–Kier alpha value is -3.07. The normalized spacial score (nSPS) is 18.4. The first-order chi connectivity index (χ1) is 17.5. The summed E-state index contributed by atoms with van der Waals surface area (Å²) in [5.74, 6) is -0.177. The molecule has 2 amide bonds. The van der Waals surface area contributed by atoms with Crippen molar-refractivity contribution in [2.75, 3.05) is 56.0 Å². The van der Waals surface area contributed by atoms with E-state index >= 15 is 0 Å². The van der Waals surface area contributed by atoms with Crippen LogP contribution < -0.4 is 10.2 Å². The molecule has 188 valence electrons. The molecule has 1 unspecified atom stereocenters. The van der Waals surface area contributed by atoms with E-state index < -0.39 is 0 Å². The van der Waals surface area contributed by atoms with Crippen LogP contribution >= 0.6 is 22.9 Å². The molecule has 0 saturated carbocycles. The number of nitrogens with zero attached hydrogens (tertiary/aromatic N) is 3. The standard InChI is InChI=1S/C27H29ClN4O3S/c28-24-15-22(4-5-25(24)33)29-27(35)20-6-8-30(16-20)17-26(34)32-11-9-31(10-12-32)23-3-1-2-19(14-23)21-7-13-36-18-21/h1-5,7,13-15,18,20,33H,6,8-12,16-17H2,(H,29,35). The lowest BCUT2D eigenvalue weighted by molar-refractivity contribution is -0.132. The number of phenols is 1. The van der Waals surface area contributed by atoms with Crippen LogP contribution in [0.2, 0.25) is 5.02 Å². The number of hydrogen-bond acceptors (Lipinski definition) is 6. The first kappa shape index (κ1) is 24.6. The van der Waals surface area contributed by atoms with E-state index in [1.54, 1.807) is 17.4 Å². The van der Waals surface area contributed by atoms with Crippen molar-refractivity contribution in [3.05, 3.63) is 64.3 Å². The molecular formula is C27H29ClN4O3S. The van der Waals surface area contributed by atoms with Crippen molar-refractivity contribution >= 4 is 46.1 Å². The Balaban J connectivity index is 1.09. The molecule has 2 fully saturated rings. The Bertz CT molecular complexity index is 1230. The molecule has 0 radical (unpaired) electrons. The number of nitrogens with one attached hydrogen (secondary N) is 1. The summed E-state index contributed by atoms with van der Waals surface area (Å²) in [4.78, 5) is 32.0. The highest BCUT2D eigenvalue weighted by Crippen LogP contribution is 2.28. The van der Waals surface area contributed by atoms with Gasteiger partial charge in [-0.2, -0.15) is 11.3 Å². The van der Waals surface area contributed by atoms with Crippen LogP contribution in [0.4, 0.5) is 11.4 Å². The highest BCUT2D eigenvalue weighted by molar-refractivity contribution is 7.08.